The van der Waals surface area contributed by atoms with E-state index in [9.17, 15) is 4.39 Å². The third-order valence-corrected chi connectivity index (χ3v) is 2.25. The lowest BCUT2D eigenvalue weighted by Crippen LogP contribution is -2.18. The second-order valence-corrected chi connectivity index (χ2v) is 3.86. The lowest BCUT2D eigenvalue weighted by molar-refractivity contribution is 0.623. The van der Waals surface area contributed by atoms with E-state index in [4.69, 9.17) is 28.9 Å². The van der Waals surface area contributed by atoms with Crippen molar-refractivity contribution >= 4 is 23.2 Å². The fourth-order valence-corrected chi connectivity index (χ4v) is 1.52. The maximum Gasteiger partial charge on any atom is 0.143 e. The molecule has 0 saturated carbocycles. The highest BCUT2D eigenvalue weighted by Gasteiger charge is 2.09. The van der Waals surface area contributed by atoms with Crippen LogP contribution in [0.2, 0.25) is 10.0 Å². The summed E-state index contributed by atoms with van der Waals surface area (Å²) >= 11 is 11.4. The number of halogens is 3. The highest BCUT2D eigenvalue weighted by molar-refractivity contribution is 6.33. The van der Waals surface area contributed by atoms with Crippen LogP contribution >= 0.6 is 23.2 Å². The number of nitrogens with two attached hydrogens (primary N) is 1. The van der Waals surface area contributed by atoms with Gasteiger partial charge in [0.1, 0.15) is 5.82 Å². The molecule has 0 heterocycles. The average Bonchev–Trinajstić information content (AvgIpc) is 1.98. The Morgan fingerprint density at radius 2 is 2.08 bits per heavy atom. The summed E-state index contributed by atoms with van der Waals surface area (Å²) in [6.07, 6.45) is 0.524. The van der Waals surface area contributed by atoms with Crippen molar-refractivity contribution in [2.75, 3.05) is 0 Å². The Morgan fingerprint density at radius 3 is 2.62 bits per heavy atom. The SMILES string of the molecule is CC(N)Cc1cc(Cl)cc(F)c1Cl. The molecular weight excluding hydrogens is 212 g/mol. The summed E-state index contributed by atoms with van der Waals surface area (Å²) in [7, 11) is 0. The summed E-state index contributed by atoms with van der Waals surface area (Å²) in [6, 6.07) is 2.76. The Labute approximate surface area is 86.6 Å². The number of hydrogen-bond donors (Lipinski definition) is 1. The van der Waals surface area contributed by atoms with Gasteiger partial charge in [-0.3, -0.25) is 0 Å². The monoisotopic (exact) mass is 221 g/mol. The topological polar surface area (TPSA) is 26.0 Å². The first-order valence-corrected chi connectivity index (χ1v) is 4.65. The molecule has 0 aliphatic rings. The molecule has 0 amide bonds. The van der Waals surface area contributed by atoms with Crippen LogP contribution in [-0.4, -0.2) is 6.04 Å². The predicted octanol–water partition coefficient (Wildman–Crippen LogP) is 3.02. The number of hydrogen-bond acceptors (Lipinski definition) is 1. The number of benzene rings is 1. The van der Waals surface area contributed by atoms with Crippen LogP contribution in [0.15, 0.2) is 12.1 Å². The van der Waals surface area contributed by atoms with Gasteiger partial charge in [-0.05, 0) is 31.0 Å². The largest absolute Gasteiger partial charge is 0.328 e. The Morgan fingerprint density at radius 1 is 1.46 bits per heavy atom. The van der Waals surface area contributed by atoms with Gasteiger partial charge in [0.2, 0.25) is 0 Å². The fraction of sp³-hybridized carbons (Fsp3) is 0.333. The van der Waals surface area contributed by atoms with E-state index < -0.39 is 5.82 Å². The lowest BCUT2D eigenvalue weighted by atomic mass is 10.1. The Kier molecular flexibility index (Phi) is 3.54. The van der Waals surface area contributed by atoms with Crippen LogP contribution in [0.5, 0.6) is 0 Å². The summed E-state index contributed by atoms with van der Waals surface area (Å²) in [4.78, 5) is 0. The van der Waals surface area contributed by atoms with Crippen molar-refractivity contribution in [1.82, 2.24) is 0 Å². The van der Waals surface area contributed by atoms with E-state index in [1.807, 2.05) is 6.92 Å². The zero-order valence-corrected chi connectivity index (χ0v) is 8.66. The first-order valence-electron chi connectivity index (χ1n) is 3.89. The van der Waals surface area contributed by atoms with Gasteiger partial charge < -0.3 is 5.73 Å². The fourth-order valence-electron chi connectivity index (χ4n) is 1.10. The van der Waals surface area contributed by atoms with Gasteiger partial charge in [0.15, 0.2) is 0 Å². The molecule has 2 N–H and O–H groups in total. The minimum Gasteiger partial charge on any atom is -0.328 e. The van der Waals surface area contributed by atoms with Crippen molar-refractivity contribution in [2.24, 2.45) is 5.73 Å². The van der Waals surface area contributed by atoms with Crippen LogP contribution in [0, 0.1) is 5.82 Å². The van der Waals surface area contributed by atoms with Crippen molar-refractivity contribution in [1.29, 1.82) is 0 Å². The Hall–Kier alpha value is -0.310. The number of rotatable bonds is 2. The minimum absolute atomic E-state index is 0.0598. The van der Waals surface area contributed by atoms with Gasteiger partial charge in [-0.1, -0.05) is 23.2 Å². The molecule has 1 rings (SSSR count). The molecule has 0 spiro atoms. The molecule has 0 aliphatic carbocycles. The molecule has 0 fully saturated rings. The molecule has 0 radical (unpaired) electrons. The van der Waals surface area contributed by atoms with E-state index >= 15 is 0 Å². The van der Waals surface area contributed by atoms with Gasteiger partial charge >= 0.3 is 0 Å². The highest BCUT2D eigenvalue weighted by atomic mass is 35.5. The summed E-state index contributed by atoms with van der Waals surface area (Å²) < 4.78 is 13.0. The Balaban J connectivity index is 3.05. The van der Waals surface area contributed by atoms with Gasteiger partial charge in [-0.2, -0.15) is 0 Å². The van der Waals surface area contributed by atoms with Crippen molar-refractivity contribution in [2.45, 2.75) is 19.4 Å². The van der Waals surface area contributed by atoms with Crippen LogP contribution in [0.3, 0.4) is 0 Å². The predicted molar refractivity (Wildman–Crippen MR) is 53.8 cm³/mol. The molecule has 72 valence electrons. The zero-order chi connectivity index (χ0) is 10.0. The minimum atomic E-state index is -0.496. The van der Waals surface area contributed by atoms with Crippen LogP contribution in [0.25, 0.3) is 0 Å². The molecular formula is C9H10Cl2FN. The molecule has 4 heteroatoms. The van der Waals surface area contributed by atoms with E-state index in [0.717, 1.165) is 0 Å². The van der Waals surface area contributed by atoms with E-state index in [-0.39, 0.29) is 11.1 Å². The van der Waals surface area contributed by atoms with Crippen molar-refractivity contribution in [3.8, 4) is 0 Å². The van der Waals surface area contributed by atoms with Crippen molar-refractivity contribution in [3.63, 3.8) is 0 Å². The van der Waals surface area contributed by atoms with Gasteiger partial charge in [-0.15, -0.1) is 0 Å². The summed E-state index contributed by atoms with van der Waals surface area (Å²) in [5.74, 6) is -0.496. The van der Waals surface area contributed by atoms with Crippen molar-refractivity contribution in [3.05, 3.63) is 33.6 Å². The first kappa shape index (κ1) is 10.8. The molecule has 1 unspecified atom stereocenters. The van der Waals surface area contributed by atoms with Crippen LogP contribution in [-0.2, 0) is 6.42 Å². The molecule has 1 atom stereocenters. The first-order chi connectivity index (χ1) is 6.00. The van der Waals surface area contributed by atoms with Crippen LogP contribution in [0.4, 0.5) is 4.39 Å². The normalized spacial score (nSPS) is 13.0. The maximum absolute atomic E-state index is 13.0. The van der Waals surface area contributed by atoms with Gasteiger partial charge in [0, 0.05) is 11.1 Å². The van der Waals surface area contributed by atoms with E-state index in [1.54, 1.807) is 6.07 Å². The van der Waals surface area contributed by atoms with Gasteiger partial charge in [0.05, 0.1) is 5.02 Å². The smallest absolute Gasteiger partial charge is 0.143 e. The van der Waals surface area contributed by atoms with E-state index in [0.29, 0.717) is 17.0 Å². The van der Waals surface area contributed by atoms with Gasteiger partial charge in [0.25, 0.3) is 0 Å². The summed E-state index contributed by atoms with van der Waals surface area (Å²) in [6.45, 7) is 1.83. The van der Waals surface area contributed by atoms with Crippen LogP contribution < -0.4 is 5.73 Å². The summed E-state index contributed by atoms with van der Waals surface area (Å²) in [5.41, 5.74) is 6.22. The van der Waals surface area contributed by atoms with E-state index in [2.05, 4.69) is 0 Å². The molecule has 0 bridgehead atoms. The molecule has 0 saturated heterocycles. The third-order valence-electron chi connectivity index (χ3n) is 1.61. The average molecular weight is 222 g/mol. The van der Waals surface area contributed by atoms with E-state index in [1.165, 1.54) is 6.07 Å². The molecule has 13 heavy (non-hydrogen) atoms. The Bertz CT molecular complexity index is 313. The zero-order valence-electron chi connectivity index (χ0n) is 7.15. The summed E-state index contributed by atoms with van der Waals surface area (Å²) in [5, 5.41) is 0.458. The lowest BCUT2D eigenvalue weighted by Gasteiger charge is -2.08. The third kappa shape index (κ3) is 2.83. The second-order valence-electron chi connectivity index (χ2n) is 3.04. The highest BCUT2D eigenvalue weighted by Crippen LogP contribution is 2.25. The molecule has 1 aromatic rings. The molecule has 0 aliphatic heterocycles. The molecule has 0 aromatic heterocycles. The second kappa shape index (κ2) is 4.27. The molecule has 1 aromatic carbocycles. The van der Waals surface area contributed by atoms with Gasteiger partial charge in [-0.25, -0.2) is 4.39 Å². The molecule has 1 nitrogen and oxygen atoms in total. The quantitative estimate of drug-likeness (QED) is 0.764. The maximum atomic E-state index is 13.0. The standard InChI is InChI=1S/C9H10Cl2FN/c1-5(13)2-6-3-7(10)4-8(12)9(6)11/h3-5H,2,13H2,1H3. The van der Waals surface area contributed by atoms with Crippen LogP contribution in [0.1, 0.15) is 12.5 Å². The van der Waals surface area contributed by atoms with Crippen molar-refractivity contribution < 1.29 is 4.39 Å².